The van der Waals surface area contributed by atoms with Gasteiger partial charge in [-0.1, -0.05) is 68.4 Å². The number of carboxylic acids is 1. The highest BCUT2D eigenvalue weighted by Crippen LogP contribution is 2.19. The lowest BCUT2D eigenvalue weighted by molar-refractivity contribution is -0.139. The van der Waals surface area contributed by atoms with E-state index in [1.165, 1.54) is 11.1 Å². The SMILES string of the molecule is CC(C)c1ccc(C(NCCc2ccccc2)C(=O)O)cc1. The number of hydrogen-bond acceptors (Lipinski definition) is 2. The summed E-state index contributed by atoms with van der Waals surface area (Å²) in [6.45, 7) is 4.89. The average Bonchev–Trinajstić information content (AvgIpc) is 2.52. The van der Waals surface area contributed by atoms with Crippen molar-refractivity contribution < 1.29 is 9.90 Å². The fourth-order valence-corrected chi connectivity index (χ4v) is 2.43. The van der Waals surface area contributed by atoms with Crippen molar-refractivity contribution in [1.82, 2.24) is 5.32 Å². The van der Waals surface area contributed by atoms with Crippen LogP contribution in [0.1, 0.15) is 42.5 Å². The Hall–Kier alpha value is -2.13. The molecule has 22 heavy (non-hydrogen) atoms. The summed E-state index contributed by atoms with van der Waals surface area (Å²) in [6.07, 6.45) is 0.814. The first-order valence-corrected chi connectivity index (χ1v) is 7.68. The monoisotopic (exact) mass is 297 g/mol. The molecule has 0 heterocycles. The first kappa shape index (κ1) is 16.2. The van der Waals surface area contributed by atoms with Gasteiger partial charge in [0.05, 0.1) is 0 Å². The number of benzene rings is 2. The predicted molar refractivity (Wildman–Crippen MR) is 89.1 cm³/mol. The smallest absolute Gasteiger partial charge is 0.325 e. The molecule has 0 radical (unpaired) electrons. The summed E-state index contributed by atoms with van der Waals surface area (Å²) in [5, 5.41) is 12.6. The van der Waals surface area contributed by atoms with Crippen LogP contribution >= 0.6 is 0 Å². The third kappa shape index (κ3) is 4.43. The van der Waals surface area contributed by atoms with Gasteiger partial charge in [0.2, 0.25) is 0 Å². The van der Waals surface area contributed by atoms with Crippen LogP contribution in [0.25, 0.3) is 0 Å². The molecule has 0 bridgehead atoms. The zero-order valence-electron chi connectivity index (χ0n) is 13.1. The average molecular weight is 297 g/mol. The topological polar surface area (TPSA) is 49.3 Å². The fourth-order valence-electron chi connectivity index (χ4n) is 2.43. The predicted octanol–water partition coefficient (Wildman–Crippen LogP) is 3.77. The second-order valence-electron chi connectivity index (χ2n) is 5.78. The van der Waals surface area contributed by atoms with Crippen molar-refractivity contribution in [3.8, 4) is 0 Å². The molecule has 3 heteroatoms. The van der Waals surface area contributed by atoms with Gasteiger partial charge >= 0.3 is 5.97 Å². The lowest BCUT2D eigenvalue weighted by atomic mass is 9.99. The molecule has 0 saturated heterocycles. The summed E-state index contributed by atoms with van der Waals surface area (Å²) in [6, 6.07) is 17.2. The van der Waals surface area contributed by atoms with Gasteiger partial charge in [-0.2, -0.15) is 0 Å². The van der Waals surface area contributed by atoms with Crippen LogP contribution in [-0.2, 0) is 11.2 Å². The molecule has 0 fully saturated rings. The van der Waals surface area contributed by atoms with Gasteiger partial charge in [0.1, 0.15) is 6.04 Å². The molecule has 2 N–H and O–H groups in total. The van der Waals surface area contributed by atoms with Crippen molar-refractivity contribution >= 4 is 5.97 Å². The Morgan fingerprint density at radius 1 is 1.00 bits per heavy atom. The molecule has 0 saturated carbocycles. The summed E-state index contributed by atoms with van der Waals surface area (Å²) >= 11 is 0. The van der Waals surface area contributed by atoms with E-state index < -0.39 is 12.0 Å². The first-order chi connectivity index (χ1) is 10.6. The zero-order valence-corrected chi connectivity index (χ0v) is 13.1. The van der Waals surface area contributed by atoms with Crippen molar-refractivity contribution in [3.63, 3.8) is 0 Å². The summed E-state index contributed by atoms with van der Waals surface area (Å²) in [7, 11) is 0. The number of nitrogens with one attached hydrogen (secondary N) is 1. The summed E-state index contributed by atoms with van der Waals surface area (Å²) in [5.74, 6) is -0.395. The molecule has 3 nitrogen and oxygen atoms in total. The van der Waals surface area contributed by atoms with Crippen LogP contribution in [0, 0.1) is 0 Å². The van der Waals surface area contributed by atoms with Crippen molar-refractivity contribution in [2.45, 2.75) is 32.2 Å². The van der Waals surface area contributed by atoms with Gasteiger partial charge in [0, 0.05) is 6.54 Å². The molecule has 2 aromatic carbocycles. The Morgan fingerprint density at radius 3 is 2.14 bits per heavy atom. The van der Waals surface area contributed by atoms with Gasteiger partial charge in [-0.25, -0.2) is 0 Å². The maximum Gasteiger partial charge on any atom is 0.325 e. The minimum atomic E-state index is -0.842. The van der Waals surface area contributed by atoms with E-state index >= 15 is 0 Å². The molecule has 0 aliphatic rings. The van der Waals surface area contributed by atoms with Crippen molar-refractivity contribution in [3.05, 3.63) is 71.3 Å². The quantitative estimate of drug-likeness (QED) is 0.818. The van der Waals surface area contributed by atoms with Gasteiger partial charge in [0.25, 0.3) is 0 Å². The minimum absolute atomic E-state index is 0.448. The van der Waals surface area contributed by atoms with Crippen molar-refractivity contribution in [1.29, 1.82) is 0 Å². The lowest BCUT2D eigenvalue weighted by Crippen LogP contribution is -2.30. The third-order valence-corrected chi connectivity index (χ3v) is 3.79. The van der Waals surface area contributed by atoms with E-state index in [1.54, 1.807) is 0 Å². The van der Waals surface area contributed by atoms with E-state index in [9.17, 15) is 9.90 Å². The van der Waals surface area contributed by atoms with Crippen LogP contribution in [0.3, 0.4) is 0 Å². The highest BCUT2D eigenvalue weighted by molar-refractivity contribution is 5.75. The summed E-state index contributed by atoms with van der Waals surface area (Å²) < 4.78 is 0. The molecule has 2 aromatic rings. The van der Waals surface area contributed by atoms with Crippen molar-refractivity contribution in [2.75, 3.05) is 6.54 Å². The maximum atomic E-state index is 11.5. The zero-order chi connectivity index (χ0) is 15.9. The van der Waals surface area contributed by atoms with E-state index in [0.29, 0.717) is 12.5 Å². The summed E-state index contributed by atoms with van der Waals surface area (Å²) in [4.78, 5) is 11.5. The van der Waals surface area contributed by atoms with E-state index in [2.05, 4.69) is 31.3 Å². The fraction of sp³-hybridized carbons (Fsp3) is 0.316. The molecule has 0 amide bonds. The van der Waals surface area contributed by atoms with Gasteiger partial charge < -0.3 is 10.4 Å². The lowest BCUT2D eigenvalue weighted by Gasteiger charge is -2.16. The molecule has 2 rings (SSSR count). The molecule has 0 aliphatic heterocycles. The molecule has 0 aromatic heterocycles. The summed E-state index contributed by atoms with van der Waals surface area (Å²) in [5.41, 5.74) is 3.22. The highest BCUT2D eigenvalue weighted by Gasteiger charge is 2.18. The van der Waals surface area contributed by atoms with E-state index in [-0.39, 0.29) is 0 Å². The van der Waals surface area contributed by atoms with Gasteiger partial charge in [-0.05, 0) is 29.0 Å². The molecular formula is C19H23NO2. The number of rotatable bonds is 7. The second-order valence-corrected chi connectivity index (χ2v) is 5.78. The third-order valence-electron chi connectivity index (χ3n) is 3.79. The highest BCUT2D eigenvalue weighted by atomic mass is 16.4. The standard InChI is InChI=1S/C19H23NO2/c1-14(2)16-8-10-17(11-9-16)18(19(21)22)20-13-12-15-6-4-3-5-7-15/h3-11,14,18,20H,12-13H2,1-2H3,(H,21,22). The van der Waals surface area contributed by atoms with Gasteiger partial charge in [0.15, 0.2) is 0 Å². The largest absolute Gasteiger partial charge is 0.480 e. The van der Waals surface area contributed by atoms with Crippen LogP contribution in [0.2, 0.25) is 0 Å². The van der Waals surface area contributed by atoms with Crippen LogP contribution in [0.15, 0.2) is 54.6 Å². The number of hydrogen-bond donors (Lipinski definition) is 2. The first-order valence-electron chi connectivity index (χ1n) is 7.68. The second kappa shape index (κ2) is 7.76. The van der Waals surface area contributed by atoms with Gasteiger partial charge in [-0.3, -0.25) is 4.79 Å². The molecular weight excluding hydrogens is 274 g/mol. The Morgan fingerprint density at radius 2 is 1.59 bits per heavy atom. The van der Waals surface area contributed by atoms with Gasteiger partial charge in [-0.15, -0.1) is 0 Å². The normalized spacial score (nSPS) is 12.3. The van der Waals surface area contributed by atoms with Crippen LogP contribution in [0.5, 0.6) is 0 Å². The Bertz CT molecular complexity index is 591. The molecule has 116 valence electrons. The number of carbonyl (C=O) groups is 1. The Labute approximate surface area is 132 Å². The molecule has 0 spiro atoms. The molecule has 1 unspecified atom stereocenters. The molecule has 0 aliphatic carbocycles. The number of aliphatic carboxylic acids is 1. The van der Waals surface area contributed by atoms with E-state index in [1.807, 2.05) is 42.5 Å². The van der Waals surface area contributed by atoms with Crippen LogP contribution in [-0.4, -0.2) is 17.6 Å². The Balaban J connectivity index is 1.99. The maximum absolute atomic E-state index is 11.5. The van der Waals surface area contributed by atoms with Crippen LogP contribution < -0.4 is 5.32 Å². The number of carboxylic acid groups (broad SMARTS) is 1. The Kier molecular flexibility index (Phi) is 5.73. The van der Waals surface area contributed by atoms with E-state index in [0.717, 1.165) is 12.0 Å². The minimum Gasteiger partial charge on any atom is -0.480 e. The van der Waals surface area contributed by atoms with E-state index in [4.69, 9.17) is 0 Å². The van der Waals surface area contributed by atoms with Crippen LogP contribution in [0.4, 0.5) is 0 Å². The van der Waals surface area contributed by atoms with Crippen molar-refractivity contribution in [2.24, 2.45) is 0 Å². The molecule has 1 atom stereocenters.